The van der Waals surface area contributed by atoms with E-state index in [9.17, 15) is 15.0 Å². The molecule has 5 nitrogen and oxygen atoms in total. The predicted molar refractivity (Wildman–Crippen MR) is 110 cm³/mol. The maximum absolute atomic E-state index is 12.0. The summed E-state index contributed by atoms with van der Waals surface area (Å²) in [6, 6.07) is 19.9. The van der Waals surface area contributed by atoms with Crippen molar-refractivity contribution >= 4 is 24.5 Å². The van der Waals surface area contributed by atoms with E-state index in [2.05, 4.69) is 20.8 Å². The second-order valence-electron chi connectivity index (χ2n) is 8.27. The van der Waals surface area contributed by atoms with E-state index >= 15 is 0 Å². The summed E-state index contributed by atoms with van der Waals surface area (Å²) in [5.41, 5.74) is 0. The summed E-state index contributed by atoms with van der Waals surface area (Å²) in [6.45, 7) is 7.90. The largest absolute Gasteiger partial charge is 0.385 e. The predicted octanol–water partition coefficient (Wildman–Crippen LogP) is 1.60. The van der Waals surface area contributed by atoms with Gasteiger partial charge in [0.15, 0.2) is 12.1 Å². The molecule has 1 fully saturated rings. The van der Waals surface area contributed by atoms with E-state index in [1.54, 1.807) is 6.92 Å². The number of hydrogen-bond acceptors (Lipinski definition) is 5. The van der Waals surface area contributed by atoms with Gasteiger partial charge in [-0.1, -0.05) is 81.4 Å². The smallest absolute Gasteiger partial charge is 0.264 e. The fraction of sp³-hybridized carbons (Fsp3) is 0.409. The highest BCUT2D eigenvalue weighted by atomic mass is 28.4. The van der Waals surface area contributed by atoms with Gasteiger partial charge in [-0.25, -0.2) is 0 Å². The quantitative estimate of drug-likeness (QED) is 0.763. The topological polar surface area (TPSA) is 76.0 Å². The Balaban J connectivity index is 2.15. The minimum Gasteiger partial charge on any atom is -0.385 e. The molecule has 0 aromatic heterocycles. The number of ether oxygens (including phenoxy) is 1. The molecule has 2 aromatic rings. The van der Waals surface area contributed by atoms with Crippen LogP contribution >= 0.6 is 0 Å². The third-order valence-corrected chi connectivity index (χ3v) is 10.3. The molecule has 0 bridgehead atoms. The van der Waals surface area contributed by atoms with E-state index in [-0.39, 0.29) is 5.04 Å². The van der Waals surface area contributed by atoms with Crippen LogP contribution in [0.5, 0.6) is 0 Å². The fourth-order valence-corrected chi connectivity index (χ4v) is 8.43. The molecule has 150 valence electrons. The maximum Gasteiger partial charge on any atom is 0.264 e. The molecule has 4 atom stereocenters. The number of carbonyl (C=O) groups is 1. The first-order chi connectivity index (χ1) is 13.2. The lowest BCUT2D eigenvalue weighted by atomic mass is 10.0. The van der Waals surface area contributed by atoms with E-state index in [4.69, 9.17) is 9.16 Å². The molecule has 2 N–H and O–H groups in total. The molecule has 0 saturated carbocycles. The van der Waals surface area contributed by atoms with Crippen molar-refractivity contribution in [3.8, 4) is 0 Å². The van der Waals surface area contributed by atoms with Crippen molar-refractivity contribution in [2.24, 2.45) is 0 Å². The second-order valence-corrected chi connectivity index (χ2v) is 12.5. The van der Waals surface area contributed by atoms with E-state index < -0.39 is 38.7 Å². The molecular formula is C22H28O5Si. The van der Waals surface area contributed by atoms with Gasteiger partial charge in [-0.05, 0) is 22.3 Å². The van der Waals surface area contributed by atoms with Crippen LogP contribution in [0.25, 0.3) is 0 Å². The monoisotopic (exact) mass is 400 g/mol. The van der Waals surface area contributed by atoms with Crippen molar-refractivity contribution in [2.45, 2.75) is 57.3 Å². The van der Waals surface area contributed by atoms with Crippen LogP contribution < -0.4 is 10.4 Å². The van der Waals surface area contributed by atoms with Gasteiger partial charge in [0.1, 0.15) is 18.3 Å². The van der Waals surface area contributed by atoms with Crippen molar-refractivity contribution in [2.75, 3.05) is 0 Å². The fourth-order valence-electron chi connectivity index (χ4n) is 3.87. The number of rotatable bonds is 4. The zero-order chi connectivity index (χ0) is 20.5. The Kier molecular flexibility index (Phi) is 5.88. The van der Waals surface area contributed by atoms with Crippen LogP contribution in [0.2, 0.25) is 5.04 Å². The van der Waals surface area contributed by atoms with Gasteiger partial charge in [0.25, 0.3) is 8.32 Å². The first kappa shape index (κ1) is 20.9. The molecule has 1 heterocycles. The van der Waals surface area contributed by atoms with Crippen LogP contribution in [0.4, 0.5) is 0 Å². The summed E-state index contributed by atoms with van der Waals surface area (Å²) in [7, 11) is -2.97. The Morgan fingerprint density at radius 1 is 0.929 bits per heavy atom. The average Bonchev–Trinajstić information content (AvgIpc) is 2.68. The first-order valence-corrected chi connectivity index (χ1v) is 11.4. The molecule has 0 aliphatic carbocycles. The van der Waals surface area contributed by atoms with E-state index in [0.717, 1.165) is 10.4 Å². The third kappa shape index (κ3) is 3.58. The molecule has 1 aliphatic rings. The number of hydrogen-bond donors (Lipinski definition) is 2. The van der Waals surface area contributed by atoms with Crippen molar-refractivity contribution < 1.29 is 24.2 Å². The van der Waals surface area contributed by atoms with E-state index in [1.807, 2.05) is 60.7 Å². The lowest BCUT2D eigenvalue weighted by Crippen LogP contribution is -2.70. The highest BCUT2D eigenvalue weighted by molar-refractivity contribution is 6.99. The standard InChI is InChI=1S/C22H28O5Si/c1-15-18(23)19(24)20(25)21(26-15)27-28(22(2,3)4,16-11-7-5-8-12-16)17-13-9-6-10-14-17/h5-15,19-21,24-25H,1-4H3/t15-,19+,20-,21-/m1/s1. The summed E-state index contributed by atoms with van der Waals surface area (Å²) >= 11 is 0. The van der Waals surface area contributed by atoms with Crippen molar-refractivity contribution in [1.82, 2.24) is 0 Å². The molecule has 2 aromatic carbocycles. The molecule has 0 radical (unpaired) electrons. The summed E-state index contributed by atoms with van der Waals surface area (Å²) < 4.78 is 12.4. The highest BCUT2D eigenvalue weighted by Crippen LogP contribution is 2.38. The summed E-state index contributed by atoms with van der Waals surface area (Å²) in [4.78, 5) is 12.0. The Morgan fingerprint density at radius 3 is 1.82 bits per heavy atom. The van der Waals surface area contributed by atoms with Gasteiger partial charge in [0.2, 0.25) is 0 Å². The average molecular weight is 401 g/mol. The number of aliphatic hydroxyl groups is 2. The SMILES string of the molecule is C[C@H]1O[C@H](O[Si](c2ccccc2)(c2ccccc2)C(C)(C)C)[C@H](O)[C@@H](O)C1=O. The minimum atomic E-state index is -2.97. The van der Waals surface area contributed by atoms with Crippen molar-refractivity contribution in [1.29, 1.82) is 0 Å². The zero-order valence-electron chi connectivity index (χ0n) is 16.7. The number of Topliss-reactive ketones (excluding diaryl/α,β-unsaturated/α-hetero) is 1. The second kappa shape index (κ2) is 7.89. The van der Waals surface area contributed by atoms with Crippen LogP contribution in [-0.2, 0) is 14.0 Å². The molecule has 3 rings (SSSR count). The maximum atomic E-state index is 12.0. The van der Waals surface area contributed by atoms with Gasteiger partial charge in [-0.15, -0.1) is 0 Å². The van der Waals surface area contributed by atoms with Gasteiger partial charge < -0.3 is 19.4 Å². The van der Waals surface area contributed by atoms with Crippen LogP contribution in [0.1, 0.15) is 27.7 Å². The molecule has 28 heavy (non-hydrogen) atoms. The number of benzene rings is 2. The lowest BCUT2D eigenvalue weighted by molar-refractivity contribution is -0.225. The minimum absolute atomic E-state index is 0.311. The normalized spacial score (nSPS) is 26.3. The molecule has 6 heteroatoms. The molecule has 1 aliphatic heterocycles. The van der Waals surface area contributed by atoms with Crippen LogP contribution in [0.15, 0.2) is 60.7 Å². The number of aliphatic hydroxyl groups excluding tert-OH is 2. The van der Waals surface area contributed by atoms with E-state index in [1.165, 1.54) is 0 Å². The van der Waals surface area contributed by atoms with Crippen molar-refractivity contribution in [3.05, 3.63) is 60.7 Å². The molecule has 0 unspecified atom stereocenters. The molecule has 0 amide bonds. The Morgan fingerprint density at radius 2 is 1.39 bits per heavy atom. The molecule has 0 spiro atoms. The Hall–Kier alpha value is -1.83. The summed E-state index contributed by atoms with van der Waals surface area (Å²) in [5, 5.41) is 22.5. The molecule has 1 saturated heterocycles. The van der Waals surface area contributed by atoms with Crippen LogP contribution in [0.3, 0.4) is 0 Å². The van der Waals surface area contributed by atoms with Gasteiger partial charge in [-0.2, -0.15) is 0 Å². The summed E-state index contributed by atoms with van der Waals surface area (Å²) in [6.07, 6.45) is -4.91. The highest BCUT2D eigenvalue weighted by Gasteiger charge is 2.54. The van der Waals surface area contributed by atoms with Gasteiger partial charge >= 0.3 is 0 Å². The summed E-state index contributed by atoms with van der Waals surface area (Å²) in [5.74, 6) is -0.533. The van der Waals surface area contributed by atoms with Gasteiger partial charge in [-0.3, -0.25) is 4.79 Å². The van der Waals surface area contributed by atoms with Crippen LogP contribution in [-0.4, -0.2) is 48.9 Å². The van der Waals surface area contributed by atoms with E-state index in [0.29, 0.717) is 0 Å². The van der Waals surface area contributed by atoms with Crippen LogP contribution in [0, 0.1) is 0 Å². The lowest BCUT2D eigenvalue weighted by Gasteiger charge is -2.47. The number of carbonyl (C=O) groups excluding carboxylic acids is 1. The van der Waals surface area contributed by atoms with Gasteiger partial charge in [0, 0.05) is 0 Å². The third-order valence-electron chi connectivity index (χ3n) is 5.34. The molecular weight excluding hydrogens is 372 g/mol. The zero-order valence-corrected chi connectivity index (χ0v) is 17.7. The first-order valence-electron chi connectivity index (χ1n) is 9.52. The van der Waals surface area contributed by atoms with Crippen molar-refractivity contribution in [3.63, 3.8) is 0 Å². The Labute approximate surface area is 167 Å². The van der Waals surface area contributed by atoms with Gasteiger partial charge in [0.05, 0.1) is 0 Å². The number of ketones is 1. The Bertz CT molecular complexity index is 763.